The normalized spacial score (nSPS) is 22.0. The van der Waals surface area contributed by atoms with Crippen molar-refractivity contribution in [3.05, 3.63) is 0 Å². The van der Waals surface area contributed by atoms with Gasteiger partial charge in [-0.05, 0) is 39.0 Å². The van der Waals surface area contributed by atoms with Crippen molar-refractivity contribution in [1.29, 1.82) is 0 Å². The molecular weight excluding hydrogens is 254 g/mol. The van der Waals surface area contributed by atoms with Gasteiger partial charge in [0, 0.05) is 5.88 Å². The second kappa shape index (κ2) is 4.23. The van der Waals surface area contributed by atoms with Crippen LogP contribution in [0.4, 0.5) is 0 Å². The lowest BCUT2D eigenvalue weighted by molar-refractivity contribution is 1.44. The molecule has 0 aliphatic heterocycles. The zero-order valence-corrected chi connectivity index (χ0v) is 9.02. The molecule has 0 saturated heterocycles. The summed E-state index contributed by atoms with van der Waals surface area (Å²) in [5.74, 6) is 3.31. The van der Waals surface area contributed by atoms with Gasteiger partial charge >= 0.3 is 0 Å². The summed E-state index contributed by atoms with van der Waals surface area (Å²) in [6.07, 6.45) is 2.32. The molecule has 0 rings (SSSR count). The monoisotopic (exact) mass is 266 g/mol. The van der Waals surface area contributed by atoms with Crippen molar-refractivity contribution in [2.45, 2.75) is 6.92 Å². The van der Waals surface area contributed by atoms with Crippen LogP contribution < -0.4 is 0 Å². The van der Waals surface area contributed by atoms with E-state index in [4.69, 9.17) is 11.6 Å². The van der Waals surface area contributed by atoms with E-state index in [1.165, 1.54) is 11.5 Å². The molecule has 1 unspecified atom stereocenters. The minimum atomic E-state index is -0.332. The van der Waals surface area contributed by atoms with E-state index < -0.39 is 0 Å². The van der Waals surface area contributed by atoms with Crippen LogP contribution in [-0.4, -0.2) is 23.6 Å². The fourth-order valence-electron chi connectivity index (χ4n) is 0.305. The smallest absolute Gasteiger partial charge is 0.0306 e. The third-order valence-electron chi connectivity index (χ3n) is 1.10. The molecule has 52 valence electrons. The molecule has 0 heterocycles. The number of rotatable bonds is 3. The number of halogens is 2. The summed E-state index contributed by atoms with van der Waals surface area (Å²) in [6.45, 7) is 2.23. The quantitative estimate of drug-likeness (QED) is 0.544. The molecule has 0 radical (unpaired) electrons. The lowest BCUT2D eigenvalue weighted by Crippen LogP contribution is -1.98. The first-order valence-electron chi connectivity index (χ1n) is 2.61. The molecule has 0 aliphatic carbocycles. The minimum Gasteiger partial charge on any atom is -0.189 e. The number of hydrogen-bond donors (Lipinski definition) is 0. The summed E-state index contributed by atoms with van der Waals surface area (Å²) in [5, 5.41) is 0. The van der Waals surface area contributed by atoms with Crippen LogP contribution in [0.5, 0.6) is 0 Å². The van der Waals surface area contributed by atoms with Gasteiger partial charge in [0.05, 0.1) is 0 Å². The van der Waals surface area contributed by atoms with Crippen LogP contribution in [0.25, 0.3) is 0 Å². The van der Waals surface area contributed by atoms with Gasteiger partial charge in [-0.25, -0.2) is 0 Å². The molecule has 0 aromatic heterocycles. The Morgan fingerprint density at radius 1 is 1.62 bits per heavy atom. The van der Waals surface area contributed by atoms with Crippen molar-refractivity contribution in [3.63, 3.8) is 0 Å². The predicted molar refractivity (Wildman–Crippen MR) is 53.7 cm³/mol. The molecule has 1 atom stereocenters. The summed E-state index contributed by atoms with van der Waals surface area (Å²) in [7, 11) is -0.332. The van der Waals surface area contributed by atoms with E-state index in [-0.39, 0.29) is 7.20 Å². The Bertz CT molecular complexity index is 65.4. The Hall–Kier alpha value is 1.37. The van der Waals surface area contributed by atoms with Gasteiger partial charge in [0.2, 0.25) is 0 Å². The summed E-state index contributed by atoms with van der Waals surface area (Å²) < 4.78 is 0. The van der Waals surface area contributed by atoms with Gasteiger partial charge in [0.1, 0.15) is 0 Å². The van der Waals surface area contributed by atoms with Gasteiger partial charge in [-0.15, -0.1) is 11.6 Å². The maximum absolute atomic E-state index is 5.58. The van der Waals surface area contributed by atoms with E-state index in [0.717, 1.165) is 5.88 Å². The first-order valence-corrected chi connectivity index (χ1v) is 8.07. The molecule has 0 N–H and O–H groups in total. The van der Waals surface area contributed by atoms with E-state index in [0.29, 0.717) is 0 Å². The van der Waals surface area contributed by atoms with Gasteiger partial charge in [-0.3, -0.25) is 0 Å². The van der Waals surface area contributed by atoms with Crippen LogP contribution >= 0.6 is 40.0 Å². The van der Waals surface area contributed by atoms with Crippen molar-refractivity contribution in [3.8, 4) is 0 Å². The summed E-state index contributed by atoms with van der Waals surface area (Å²) in [6, 6.07) is 0. The molecule has 0 bridgehead atoms. The fourth-order valence-corrected chi connectivity index (χ4v) is 3.38. The highest BCUT2D eigenvalue weighted by molar-refractivity contribution is 14.2. The topological polar surface area (TPSA) is 0 Å². The van der Waals surface area contributed by atoms with E-state index in [2.05, 4.69) is 34.4 Å². The van der Waals surface area contributed by atoms with Gasteiger partial charge in [-0.2, -0.15) is 7.20 Å². The standard InChI is InChI=1S/C5H12ClIS/c1-3-8(2,7)5-4-6/h3-5H2,1-2H3. The highest BCUT2D eigenvalue weighted by Gasteiger charge is 2.08. The maximum atomic E-state index is 5.58. The Morgan fingerprint density at radius 3 is 2.25 bits per heavy atom. The van der Waals surface area contributed by atoms with Crippen LogP contribution in [0.3, 0.4) is 0 Å². The van der Waals surface area contributed by atoms with E-state index in [1.807, 2.05) is 0 Å². The van der Waals surface area contributed by atoms with Crippen molar-refractivity contribution in [1.82, 2.24) is 0 Å². The van der Waals surface area contributed by atoms with Crippen molar-refractivity contribution >= 4 is 40.0 Å². The first-order chi connectivity index (χ1) is 3.62. The van der Waals surface area contributed by atoms with Crippen molar-refractivity contribution in [2.24, 2.45) is 0 Å². The average Bonchev–Trinajstić information content (AvgIpc) is 1.67. The van der Waals surface area contributed by atoms with Crippen LogP contribution in [0.1, 0.15) is 6.92 Å². The largest absolute Gasteiger partial charge is 0.189 e. The second-order valence-corrected chi connectivity index (χ2v) is 11.9. The lowest BCUT2D eigenvalue weighted by Gasteiger charge is -2.24. The second-order valence-electron chi connectivity index (χ2n) is 1.84. The zero-order valence-electron chi connectivity index (χ0n) is 5.29. The van der Waals surface area contributed by atoms with E-state index >= 15 is 0 Å². The molecule has 0 aliphatic rings. The predicted octanol–water partition coefficient (Wildman–Crippen LogP) is 3.03. The van der Waals surface area contributed by atoms with Gasteiger partial charge < -0.3 is 0 Å². The van der Waals surface area contributed by atoms with Crippen LogP contribution in [0.2, 0.25) is 0 Å². The third kappa shape index (κ3) is 4.27. The van der Waals surface area contributed by atoms with Crippen LogP contribution in [0.15, 0.2) is 0 Å². The molecule has 8 heavy (non-hydrogen) atoms. The maximum Gasteiger partial charge on any atom is 0.0306 e. The lowest BCUT2D eigenvalue weighted by atomic mass is 10.9. The molecule has 0 amide bonds. The fraction of sp³-hybridized carbons (Fsp3) is 1.00. The van der Waals surface area contributed by atoms with Crippen molar-refractivity contribution < 1.29 is 0 Å². The molecule has 0 spiro atoms. The van der Waals surface area contributed by atoms with Crippen molar-refractivity contribution in [2.75, 3.05) is 23.6 Å². The minimum absolute atomic E-state index is 0.332. The SMILES string of the molecule is CCS(C)(I)CCCl. The highest BCUT2D eigenvalue weighted by atomic mass is 127. The zero-order chi connectivity index (χ0) is 6.62. The summed E-state index contributed by atoms with van der Waals surface area (Å²) in [5.41, 5.74) is 0. The average molecular weight is 267 g/mol. The third-order valence-corrected chi connectivity index (χ3v) is 6.97. The van der Waals surface area contributed by atoms with Gasteiger partial charge in [0.25, 0.3) is 0 Å². The molecule has 0 aromatic rings. The molecule has 0 saturated carbocycles. The van der Waals surface area contributed by atoms with E-state index in [9.17, 15) is 0 Å². The Balaban J connectivity index is 3.37. The van der Waals surface area contributed by atoms with Gasteiger partial charge in [-0.1, -0.05) is 6.92 Å². The first kappa shape index (κ1) is 9.37. The Morgan fingerprint density at radius 2 is 2.12 bits per heavy atom. The molecule has 3 heteroatoms. The van der Waals surface area contributed by atoms with Crippen LogP contribution in [-0.2, 0) is 0 Å². The van der Waals surface area contributed by atoms with Crippen LogP contribution in [0, 0.1) is 0 Å². The number of alkyl halides is 1. The summed E-state index contributed by atoms with van der Waals surface area (Å²) >= 11 is 8.12. The Kier molecular flexibility index (Phi) is 4.95. The highest BCUT2D eigenvalue weighted by Crippen LogP contribution is 2.51. The molecule has 0 fully saturated rings. The van der Waals surface area contributed by atoms with E-state index in [1.54, 1.807) is 0 Å². The summed E-state index contributed by atoms with van der Waals surface area (Å²) in [4.78, 5) is 0. The Labute approximate surface area is 70.3 Å². The van der Waals surface area contributed by atoms with Gasteiger partial charge in [0.15, 0.2) is 0 Å². The molecule has 0 nitrogen and oxygen atoms in total. The molecular formula is C5H12ClIS. The number of hydrogen-bond acceptors (Lipinski definition) is 0. The molecule has 0 aromatic carbocycles.